The maximum Gasteiger partial charge on any atom is 0.244 e. The fourth-order valence-electron chi connectivity index (χ4n) is 2.90. The summed E-state index contributed by atoms with van der Waals surface area (Å²) in [5.74, 6) is 0.608. The van der Waals surface area contributed by atoms with Crippen LogP contribution in [0.5, 0.6) is 11.5 Å². The summed E-state index contributed by atoms with van der Waals surface area (Å²) in [4.78, 5) is 23.9. The molecule has 0 aliphatic rings. The Bertz CT molecular complexity index is 1050. The number of carbonyl (C=O) groups excluding carboxylic acids is 2. The van der Waals surface area contributed by atoms with Crippen molar-refractivity contribution in [1.29, 1.82) is 0 Å². The van der Waals surface area contributed by atoms with Crippen molar-refractivity contribution in [2.24, 2.45) is 0 Å². The second-order valence-electron chi connectivity index (χ2n) is 7.00. The molecule has 3 aromatic rings. The molecule has 0 atom stereocenters. The SMILES string of the molecule is COc1cc(CNC(=O)CNC(=O)/C=C/c2ccccc2)ccc1OCc1ccccc1. The minimum absolute atomic E-state index is 0.104. The standard InChI is InChI=1S/C26H26N2O4/c1-31-24-16-22(12-14-23(24)32-19-21-10-6-3-7-11-21)17-27-26(30)18-28-25(29)15-13-20-8-4-2-5-9-20/h2-16H,17-19H2,1H3,(H,27,30)(H,28,29)/b15-13+. The van der Waals surface area contributed by atoms with Crippen molar-refractivity contribution in [1.82, 2.24) is 10.6 Å². The van der Waals surface area contributed by atoms with E-state index in [1.54, 1.807) is 13.2 Å². The molecule has 0 aliphatic carbocycles. The van der Waals surface area contributed by atoms with Gasteiger partial charge in [0.1, 0.15) is 6.61 Å². The highest BCUT2D eigenvalue weighted by Gasteiger charge is 2.08. The van der Waals surface area contributed by atoms with E-state index in [1.807, 2.05) is 78.9 Å². The van der Waals surface area contributed by atoms with Gasteiger partial charge in [-0.15, -0.1) is 0 Å². The predicted octanol–water partition coefficient (Wildman–Crippen LogP) is 3.72. The van der Waals surface area contributed by atoms with Crippen LogP contribution >= 0.6 is 0 Å². The van der Waals surface area contributed by atoms with Gasteiger partial charge in [0, 0.05) is 12.6 Å². The molecular formula is C26H26N2O4. The molecule has 0 unspecified atom stereocenters. The molecule has 32 heavy (non-hydrogen) atoms. The molecule has 0 aliphatic heterocycles. The Morgan fingerprint density at radius 2 is 1.56 bits per heavy atom. The van der Waals surface area contributed by atoms with Crippen molar-refractivity contribution < 1.29 is 19.1 Å². The van der Waals surface area contributed by atoms with Crippen LogP contribution in [0.4, 0.5) is 0 Å². The van der Waals surface area contributed by atoms with Gasteiger partial charge in [-0.2, -0.15) is 0 Å². The average molecular weight is 431 g/mol. The summed E-state index contributed by atoms with van der Waals surface area (Å²) < 4.78 is 11.3. The van der Waals surface area contributed by atoms with Crippen molar-refractivity contribution in [3.8, 4) is 11.5 Å². The number of benzene rings is 3. The largest absolute Gasteiger partial charge is 0.493 e. The summed E-state index contributed by atoms with van der Waals surface area (Å²) in [6, 6.07) is 24.8. The van der Waals surface area contributed by atoms with Crippen LogP contribution in [0.1, 0.15) is 16.7 Å². The van der Waals surface area contributed by atoms with Crippen molar-refractivity contribution in [2.75, 3.05) is 13.7 Å². The molecule has 0 radical (unpaired) electrons. The molecule has 0 fully saturated rings. The van der Waals surface area contributed by atoms with Gasteiger partial charge in [-0.1, -0.05) is 66.7 Å². The van der Waals surface area contributed by atoms with Crippen LogP contribution in [0.3, 0.4) is 0 Å². The third kappa shape index (κ3) is 7.32. The highest BCUT2D eigenvalue weighted by atomic mass is 16.5. The molecule has 6 nitrogen and oxygen atoms in total. The first-order chi connectivity index (χ1) is 15.6. The van der Waals surface area contributed by atoms with E-state index in [2.05, 4.69) is 10.6 Å². The van der Waals surface area contributed by atoms with Crippen LogP contribution in [-0.4, -0.2) is 25.5 Å². The molecule has 164 valence electrons. The maximum atomic E-state index is 12.1. The Balaban J connectivity index is 1.44. The molecular weight excluding hydrogens is 404 g/mol. The second kappa shape index (κ2) is 12.0. The Hall–Kier alpha value is -4.06. The van der Waals surface area contributed by atoms with Gasteiger partial charge in [0.05, 0.1) is 13.7 Å². The smallest absolute Gasteiger partial charge is 0.244 e. The van der Waals surface area contributed by atoms with Crippen LogP contribution in [0.15, 0.2) is 84.9 Å². The number of nitrogens with one attached hydrogen (secondary N) is 2. The van der Waals surface area contributed by atoms with Gasteiger partial charge >= 0.3 is 0 Å². The Kier molecular flexibility index (Phi) is 8.45. The number of carbonyl (C=O) groups is 2. The lowest BCUT2D eigenvalue weighted by atomic mass is 10.2. The summed E-state index contributed by atoms with van der Waals surface area (Å²) in [5.41, 5.74) is 2.83. The quantitative estimate of drug-likeness (QED) is 0.481. The Morgan fingerprint density at radius 1 is 0.844 bits per heavy atom. The number of hydrogen-bond acceptors (Lipinski definition) is 4. The lowest BCUT2D eigenvalue weighted by Gasteiger charge is -2.13. The number of ether oxygens (including phenoxy) is 2. The van der Waals surface area contributed by atoms with Gasteiger partial charge in [0.25, 0.3) is 0 Å². The maximum absolute atomic E-state index is 12.1. The number of methoxy groups -OCH3 is 1. The van der Waals surface area contributed by atoms with Gasteiger partial charge < -0.3 is 20.1 Å². The van der Waals surface area contributed by atoms with Gasteiger partial charge in [-0.05, 0) is 34.9 Å². The van der Waals surface area contributed by atoms with Crippen molar-refractivity contribution in [3.05, 3.63) is 102 Å². The van der Waals surface area contributed by atoms with Crippen molar-refractivity contribution >= 4 is 17.9 Å². The van der Waals surface area contributed by atoms with Crippen LogP contribution in [0.25, 0.3) is 6.08 Å². The van der Waals surface area contributed by atoms with Crippen LogP contribution in [0, 0.1) is 0 Å². The van der Waals surface area contributed by atoms with E-state index < -0.39 is 0 Å². The molecule has 3 aromatic carbocycles. The predicted molar refractivity (Wildman–Crippen MR) is 124 cm³/mol. The van der Waals surface area contributed by atoms with Crippen molar-refractivity contribution in [2.45, 2.75) is 13.2 Å². The van der Waals surface area contributed by atoms with Gasteiger partial charge in [-0.3, -0.25) is 9.59 Å². The zero-order valence-electron chi connectivity index (χ0n) is 17.9. The van der Waals surface area contributed by atoms with E-state index in [9.17, 15) is 9.59 Å². The third-order valence-corrected chi connectivity index (χ3v) is 4.60. The third-order valence-electron chi connectivity index (χ3n) is 4.60. The molecule has 0 bridgehead atoms. The summed E-state index contributed by atoms with van der Waals surface area (Å²) in [7, 11) is 1.57. The van der Waals surface area contributed by atoms with E-state index in [0.29, 0.717) is 24.7 Å². The molecule has 0 saturated carbocycles. The fraction of sp³-hybridized carbons (Fsp3) is 0.154. The number of hydrogen-bond donors (Lipinski definition) is 2. The normalized spacial score (nSPS) is 10.5. The molecule has 0 spiro atoms. The topological polar surface area (TPSA) is 76.7 Å². The van der Waals surface area contributed by atoms with E-state index in [-0.39, 0.29) is 18.4 Å². The summed E-state index contributed by atoms with van der Waals surface area (Å²) in [6.07, 6.45) is 3.10. The molecule has 6 heteroatoms. The van der Waals surface area contributed by atoms with Crippen LogP contribution in [0.2, 0.25) is 0 Å². The second-order valence-corrected chi connectivity index (χ2v) is 7.00. The van der Waals surface area contributed by atoms with Gasteiger partial charge in [0.2, 0.25) is 11.8 Å². The minimum Gasteiger partial charge on any atom is -0.493 e. The molecule has 0 aromatic heterocycles. The summed E-state index contributed by atoms with van der Waals surface area (Å²) in [5, 5.41) is 5.35. The Morgan fingerprint density at radius 3 is 2.28 bits per heavy atom. The lowest BCUT2D eigenvalue weighted by Crippen LogP contribution is -2.35. The first kappa shape index (κ1) is 22.6. The van der Waals surface area contributed by atoms with E-state index in [4.69, 9.17) is 9.47 Å². The first-order valence-corrected chi connectivity index (χ1v) is 10.3. The van der Waals surface area contributed by atoms with Gasteiger partial charge in [-0.25, -0.2) is 0 Å². The lowest BCUT2D eigenvalue weighted by molar-refractivity contribution is -0.124. The fourth-order valence-corrected chi connectivity index (χ4v) is 2.90. The minimum atomic E-state index is -0.328. The first-order valence-electron chi connectivity index (χ1n) is 10.3. The highest BCUT2D eigenvalue weighted by Crippen LogP contribution is 2.28. The molecule has 0 heterocycles. The van der Waals surface area contributed by atoms with Crippen LogP contribution < -0.4 is 20.1 Å². The highest BCUT2D eigenvalue weighted by molar-refractivity contribution is 5.94. The van der Waals surface area contributed by atoms with E-state index in [0.717, 1.165) is 16.7 Å². The van der Waals surface area contributed by atoms with Crippen LogP contribution in [-0.2, 0) is 22.7 Å². The average Bonchev–Trinajstić information content (AvgIpc) is 2.85. The monoisotopic (exact) mass is 430 g/mol. The number of rotatable bonds is 10. The molecule has 2 amide bonds. The Labute approximate surface area is 187 Å². The van der Waals surface area contributed by atoms with Gasteiger partial charge in [0.15, 0.2) is 11.5 Å². The zero-order chi connectivity index (χ0) is 22.6. The van der Waals surface area contributed by atoms with Crippen molar-refractivity contribution in [3.63, 3.8) is 0 Å². The zero-order valence-corrected chi connectivity index (χ0v) is 17.9. The molecule has 0 saturated heterocycles. The summed E-state index contributed by atoms with van der Waals surface area (Å²) in [6.45, 7) is 0.642. The summed E-state index contributed by atoms with van der Waals surface area (Å²) >= 11 is 0. The van der Waals surface area contributed by atoms with E-state index >= 15 is 0 Å². The van der Waals surface area contributed by atoms with E-state index in [1.165, 1.54) is 6.08 Å². The molecule has 2 N–H and O–H groups in total. The molecule has 3 rings (SSSR count). The number of amides is 2.